The van der Waals surface area contributed by atoms with Crippen LogP contribution in [0.4, 0.5) is 5.69 Å². The highest BCUT2D eigenvalue weighted by Gasteiger charge is 2.19. The Morgan fingerprint density at radius 1 is 1.48 bits per heavy atom. The Labute approximate surface area is 127 Å². The molecule has 0 fully saturated rings. The average molecular weight is 326 g/mol. The van der Waals surface area contributed by atoms with Crippen molar-refractivity contribution in [2.75, 3.05) is 11.3 Å². The van der Waals surface area contributed by atoms with Crippen LogP contribution in [0, 0.1) is 18.8 Å². The number of benzene rings is 1. The quantitative estimate of drug-likeness (QED) is 0.746. The summed E-state index contributed by atoms with van der Waals surface area (Å²) in [5.74, 6) is 5.16. The molecule has 0 radical (unpaired) electrons. The number of anilines is 1. The predicted octanol–water partition coefficient (Wildman–Crippen LogP) is 1.52. The van der Waals surface area contributed by atoms with Crippen molar-refractivity contribution in [3.63, 3.8) is 0 Å². The van der Waals surface area contributed by atoms with E-state index in [0.29, 0.717) is 11.3 Å². The number of aryl methyl sites for hydroxylation is 1. The number of H-pyrrole nitrogens is 1. The molecular formula is C13H12ClN3O3S. The molecule has 6 nitrogen and oxygen atoms in total. The van der Waals surface area contributed by atoms with Crippen molar-refractivity contribution < 1.29 is 13.5 Å². The molecule has 2 rings (SSSR count). The standard InChI is InChI=1S/C13H12ClN3O3S/c1-9-13(8-15-16-9)21(19,20)17-12-7-10(3-2-6-18)4-5-11(12)14/h4-5,7-8,17-18H,6H2,1H3,(H,15,16). The molecule has 2 aromatic rings. The summed E-state index contributed by atoms with van der Waals surface area (Å²) in [5, 5.41) is 15.2. The van der Waals surface area contributed by atoms with Crippen LogP contribution in [0.15, 0.2) is 29.3 Å². The van der Waals surface area contributed by atoms with Gasteiger partial charge in [0.25, 0.3) is 10.0 Å². The first kappa shape index (κ1) is 15.4. The second kappa shape index (κ2) is 6.18. The highest BCUT2D eigenvalue weighted by Crippen LogP contribution is 2.26. The molecule has 0 bridgehead atoms. The number of aliphatic hydroxyl groups is 1. The van der Waals surface area contributed by atoms with Crippen LogP contribution in [-0.2, 0) is 10.0 Å². The Balaban J connectivity index is 2.37. The van der Waals surface area contributed by atoms with E-state index < -0.39 is 10.0 Å². The third-order valence-corrected chi connectivity index (χ3v) is 4.40. The summed E-state index contributed by atoms with van der Waals surface area (Å²) in [6.07, 6.45) is 1.22. The predicted molar refractivity (Wildman–Crippen MR) is 79.5 cm³/mol. The Bertz CT molecular complexity index is 819. The highest BCUT2D eigenvalue weighted by molar-refractivity contribution is 7.92. The lowest BCUT2D eigenvalue weighted by atomic mass is 10.2. The number of aromatic nitrogens is 2. The minimum Gasteiger partial charge on any atom is -0.384 e. The lowest BCUT2D eigenvalue weighted by molar-refractivity contribution is 0.350. The van der Waals surface area contributed by atoms with Crippen molar-refractivity contribution in [1.82, 2.24) is 10.2 Å². The number of hydrogen-bond donors (Lipinski definition) is 3. The fraction of sp³-hybridized carbons (Fsp3) is 0.154. The smallest absolute Gasteiger partial charge is 0.265 e. The molecular weight excluding hydrogens is 314 g/mol. The Kier molecular flexibility index (Phi) is 4.53. The highest BCUT2D eigenvalue weighted by atomic mass is 35.5. The maximum absolute atomic E-state index is 12.3. The first-order valence-electron chi connectivity index (χ1n) is 5.86. The van der Waals surface area contributed by atoms with E-state index in [9.17, 15) is 8.42 Å². The summed E-state index contributed by atoms with van der Waals surface area (Å²) in [7, 11) is -3.79. The van der Waals surface area contributed by atoms with Gasteiger partial charge in [-0.2, -0.15) is 5.10 Å². The maximum atomic E-state index is 12.3. The fourth-order valence-electron chi connectivity index (χ4n) is 1.63. The molecule has 0 aliphatic carbocycles. The van der Waals surface area contributed by atoms with Crippen LogP contribution >= 0.6 is 11.6 Å². The van der Waals surface area contributed by atoms with Gasteiger partial charge in [-0.05, 0) is 25.1 Å². The molecule has 110 valence electrons. The van der Waals surface area contributed by atoms with Gasteiger partial charge in [0.1, 0.15) is 11.5 Å². The Morgan fingerprint density at radius 2 is 2.24 bits per heavy atom. The second-order valence-electron chi connectivity index (χ2n) is 4.12. The van der Waals surface area contributed by atoms with E-state index in [1.807, 2.05) is 0 Å². The van der Waals surface area contributed by atoms with Gasteiger partial charge in [0, 0.05) is 5.56 Å². The van der Waals surface area contributed by atoms with Crippen LogP contribution in [0.1, 0.15) is 11.3 Å². The topological polar surface area (TPSA) is 95.1 Å². The third kappa shape index (κ3) is 3.55. The molecule has 0 amide bonds. The molecule has 1 aromatic heterocycles. The number of hydrogen-bond acceptors (Lipinski definition) is 4. The maximum Gasteiger partial charge on any atom is 0.265 e. The number of sulfonamides is 1. The van der Waals surface area contributed by atoms with Gasteiger partial charge < -0.3 is 5.11 Å². The van der Waals surface area contributed by atoms with Crippen molar-refractivity contribution in [2.45, 2.75) is 11.8 Å². The number of aromatic amines is 1. The number of aliphatic hydroxyl groups excluding tert-OH is 1. The van der Waals surface area contributed by atoms with E-state index in [2.05, 4.69) is 26.8 Å². The first-order valence-corrected chi connectivity index (χ1v) is 7.72. The summed E-state index contributed by atoms with van der Waals surface area (Å²) in [6, 6.07) is 4.66. The third-order valence-electron chi connectivity index (χ3n) is 2.60. The molecule has 0 aliphatic rings. The fourth-order valence-corrected chi connectivity index (χ4v) is 3.06. The lowest BCUT2D eigenvalue weighted by Crippen LogP contribution is -2.13. The van der Waals surface area contributed by atoms with Gasteiger partial charge in [-0.15, -0.1) is 0 Å². The minimum absolute atomic E-state index is 0.0467. The van der Waals surface area contributed by atoms with E-state index in [1.54, 1.807) is 13.0 Å². The molecule has 1 aromatic carbocycles. The molecule has 1 heterocycles. The molecule has 21 heavy (non-hydrogen) atoms. The van der Waals surface area contributed by atoms with Crippen molar-refractivity contribution in [2.24, 2.45) is 0 Å². The number of rotatable bonds is 3. The summed E-state index contributed by atoms with van der Waals surface area (Å²) in [5.41, 5.74) is 1.17. The molecule has 8 heteroatoms. The molecule has 0 atom stereocenters. The molecule has 0 unspecified atom stereocenters. The molecule has 0 saturated heterocycles. The Morgan fingerprint density at radius 3 is 2.86 bits per heavy atom. The van der Waals surface area contributed by atoms with Gasteiger partial charge >= 0.3 is 0 Å². The van der Waals surface area contributed by atoms with Crippen molar-refractivity contribution in [1.29, 1.82) is 0 Å². The minimum atomic E-state index is -3.79. The average Bonchev–Trinajstić information content (AvgIpc) is 2.86. The summed E-state index contributed by atoms with van der Waals surface area (Å²) < 4.78 is 26.9. The molecule has 0 spiro atoms. The molecule has 3 N–H and O–H groups in total. The van der Waals surface area contributed by atoms with E-state index >= 15 is 0 Å². The Hall–Kier alpha value is -2.01. The van der Waals surface area contributed by atoms with Gasteiger partial charge in [-0.1, -0.05) is 23.4 Å². The number of nitrogens with one attached hydrogen (secondary N) is 2. The van der Waals surface area contributed by atoms with Crippen molar-refractivity contribution in [3.8, 4) is 11.8 Å². The van der Waals surface area contributed by atoms with Gasteiger partial charge in [0.15, 0.2) is 0 Å². The van der Waals surface area contributed by atoms with E-state index in [0.717, 1.165) is 0 Å². The van der Waals surface area contributed by atoms with Gasteiger partial charge in [-0.3, -0.25) is 9.82 Å². The summed E-state index contributed by atoms with van der Waals surface area (Å²) in [4.78, 5) is 0.0467. The zero-order valence-corrected chi connectivity index (χ0v) is 12.6. The number of nitrogens with zero attached hydrogens (tertiary/aromatic N) is 1. The van der Waals surface area contributed by atoms with E-state index in [-0.39, 0.29) is 22.2 Å². The van der Waals surface area contributed by atoms with Gasteiger partial charge in [-0.25, -0.2) is 8.42 Å². The summed E-state index contributed by atoms with van der Waals surface area (Å²) in [6.45, 7) is 1.32. The lowest BCUT2D eigenvalue weighted by Gasteiger charge is -2.09. The largest absolute Gasteiger partial charge is 0.384 e. The number of halogens is 1. The van der Waals surface area contributed by atoms with Crippen LogP contribution in [0.3, 0.4) is 0 Å². The van der Waals surface area contributed by atoms with Crippen LogP contribution in [0.5, 0.6) is 0 Å². The second-order valence-corrected chi connectivity index (χ2v) is 6.18. The summed E-state index contributed by atoms with van der Waals surface area (Å²) >= 11 is 5.99. The van der Waals surface area contributed by atoms with E-state index in [4.69, 9.17) is 16.7 Å². The van der Waals surface area contributed by atoms with Gasteiger partial charge in [0.2, 0.25) is 0 Å². The normalized spacial score (nSPS) is 10.8. The zero-order valence-electron chi connectivity index (χ0n) is 11.0. The van der Waals surface area contributed by atoms with Crippen LogP contribution < -0.4 is 4.72 Å². The van der Waals surface area contributed by atoms with Crippen molar-refractivity contribution in [3.05, 3.63) is 40.7 Å². The van der Waals surface area contributed by atoms with Crippen LogP contribution in [0.2, 0.25) is 5.02 Å². The van der Waals surface area contributed by atoms with Crippen LogP contribution in [0.25, 0.3) is 0 Å². The first-order chi connectivity index (χ1) is 9.94. The SMILES string of the molecule is Cc1[nH]ncc1S(=O)(=O)Nc1cc(C#CCO)ccc1Cl. The van der Waals surface area contributed by atoms with Crippen LogP contribution in [-0.4, -0.2) is 30.3 Å². The molecule has 0 saturated carbocycles. The zero-order chi connectivity index (χ0) is 15.5. The van der Waals surface area contributed by atoms with Crippen molar-refractivity contribution >= 4 is 27.3 Å². The molecule has 0 aliphatic heterocycles. The van der Waals surface area contributed by atoms with Gasteiger partial charge in [0.05, 0.1) is 22.6 Å². The monoisotopic (exact) mass is 325 g/mol. The van der Waals surface area contributed by atoms with E-state index in [1.165, 1.54) is 18.3 Å².